The standard InChI is InChI=1S/C41H37N5.C3H8/c1-2-30(20-21-42)35-23-29(24-36(25-35)34-17-19-40(45-28-34)39-15-9-10-22-44-39)27-46-41(32-13-7-4-8-14-32)37-26-33(16-18-38(37)43)31-11-5-3-6-12-31;1-3-2/h2-21,23-26,28,44H,22,27,42-43H2,1H3;3H2,1-2H3/b21-20-,30-2+,46-41?;. The van der Waals surface area contributed by atoms with E-state index < -0.39 is 0 Å². The molecule has 0 aliphatic carbocycles. The second kappa shape index (κ2) is 17.3. The van der Waals surface area contributed by atoms with E-state index >= 15 is 0 Å². The second-order valence-electron chi connectivity index (χ2n) is 11.7. The van der Waals surface area contributed by atoms with E-state index in [4.69, 9.17) is 21.4 Å². The minimum Gasteiger partial charge on any atom is -0.405 e. The number of aromatic nitrogens is 1. The van der Waals surface area contributed by atoms with Crippen LogP contribution in [-0.4, -0.2) is 17.2 Å². The van der Waals surface area contributed by atoms with Gasteiger partial charge in [-0.15, -0.1) is 0 Å². The van der Waals surface area contributed by atoms with Crippen molar-refractivity contribution in [3.8, 4) is 22.3 Å². The van der Waals surface area contributed by atoms with Crippen molar-refractivity contribution < 1.29 is 0 Å². The van der Waals surface area contributed by atoms with Crippen molar-refractivity contribution in [1.29, 1.82) is 0 Å². The molecule has 5 aromatic rings. The molecule has 0 saturated heterocycles. The van der Waals surface area contributed by atoms with Gasteiger partial charge in [0.25, 0.3) is 0 Å². The van der Waals surface area contributed by atoms with E-state index in [9.17, 15) is 0 Å². The molecule has 1 aliphatic heterocycles. The fourth-order valence-corrected chi connectivity index (χ4v) is 5.61. The third kappa shape index (κ3) is 8.91. The van der Waals surface area contributed by atoms with Crippen molar-refractivity contribution >= 4 is 22.7 Å². The van der Waals surface area contributed by atoms with Gasteiger partial charge >= 0.3 is 0 Å². The van der Waals surface area contributed by atoms with Crippen molar-refractivity contribution in [1.82, 2.24) is 10.3 Å². The number of nitrogens with two attached hydrogens (primary N) is 2. The van der Waals surface area contributed by atoms with Gasteiger partial charge < -0.3 is 16.8 Å². The number of dihydropyridines is 1. The van der Waals surface area contributed by atoms with E-state index in [1.165, 1.54) is 6.42 Å². The molecule has 49 heavy (non-hydrogen) atoms. The van der Waals surface area contributed by atoms with Crippen molar-refractivity contribution in [2.75, 3.05) is 12.3 Å². The number of hydrogen-bond acceptors (Lipinski definition) is 5. The summed E-state index contributed by atoms with van der Waals surface area (Å²) in [6.07, 6.45) is 14.9. The maximum atomic E-state index is 6.63. The van der Waals surface area contributed by atoms with Crippen LogP contribution in [0.15, 0.2) is 157 Å². The maximum Gasteiger partial charge on any atom is 0.0861 e. The number of anilines is 1. The topological polar surface area (TPSA) is 89.3 Å². The highest BCUT2D eigenvalue weighted by atomic mass is 14.9. The van der Waals surface area contributed by atoms with E-state index in [0.29, 0.717) is 12.2 Å². The summed E-state index contributed by atoms with van der Waals surface area (Å²) < 4.78 is 0. The summed E-state index contributed by atoms with van der Waals surface area (Å²) in [4.78, 5) is 10.0. The van der Waals surface area contributed by atoms with Gasteiger partial charge in [-0.3, -0.25) is 9.98 Å². The average molecular weight is 644 g/mol. The highest BCUT2D eigenvalue weighted by Gasteiger charge is 2.14. The fraction of sp³-hybridized carbons (Fsp3) is 0.136. The van der Waals surface area contributed by atoms with Crippen LogP contribution in [0.2, 0.25) is 0 Å². The normalized spacial score (nSPS) is 13.0. The number of hydrogen-bond donors (Lipinski definition) is 3. The minimum atomic E-state index is 0.456. The molecule has 0 saturated carbocycles. The molecule has 5 nitrogen and oxygen atoms in total. The first-order valence-electron chi connectivity index (χ1n) is 16.9. The van der Waals surface area contributed by atoms with Crippen LogP contribution in [0.3, 0.4) is 0 Å². The van der Waals surface area contributed by atoms with Crippen LogP contribution in [0, 0.1) is 0 Å². The highest BCUT2D eigenvalue weighted by molar-refractivity contribution is 6.16. The van der Waals surface area contributed by atoms with E-state index in [-0.39, 0.29) is 0 Å². The zero-order valence-electron chi connectivity index (χ0n) is 28.6. The predicted octanol–water partition coefficient (Wildman–Crippen LogP) is 9.83. The molecule has 0 bridgehead atoms. The molecule has 5 N–H and O–H groups in total. The monoisotopic (exact) mass is 643 g/mol. The maximum absolute atomic E-state index is 6.63. The smallest absolute Gasteiger partial charge is 0.0861 e. The van der Waals surface area contributed by atoms with Crippen molar-refractivity contribution in [3.63, 3.8) is 0 Å². The Kier molecular flexibility index (Phi) is 12.1. The van der Waals surface area contributed by atoms with Crippen LogP contribution in [0.4, 0.5) is 5.69 Å². The lowest BCUT2D eigenvalue weighted by molar-refractivity contribution is 0.981. The van der Waals surface area contributed by atoms with E-state index in [1.54, 1.807) is 6.20 Å². The molecule has 1 aromatic heterocycles. The number of allylic oxidation sites excluding steroid dienone is 5. The molecule has 6 rings (SSSR count). The Morgan fingerprint density at radius 3 is 2.20 bits per heavy atom. The first-order chi connectivity index (χ1) is 24.0. The third-order valence-corrected chi connectivity index (χ3v) is 7.98. The number of nitrogens with one attached hydrogen (secondary N) is 1. The first-order valence-corrected chi connectivity index (χ1v) is 16.9. The Balaban J connectivity index is 0.00000151. The largest absolute Gasteiger partial charge is 0.405 e. The van der Waals surface area contributed by atoms with Gasteiger partial charge in [-0.25, -0.2) is 0 Å². The first kappa shape index (κ1) is 34.4. The van der Waals surface area contributed by atoms with Crippen molar-refractivity contribution in [2.24, 2.45) is 10.7 Å². The molecule has 246 valence electrons. The molecule has 5 heteroatoms. The van der Waals surface area contributed by atoms with Gasteiger partial charge in [0, 0.05) is 35.1 Å². The molecular formula is C44H45N5. The Hall–Kier alpha value is -5.94. The zero-order chi connectivity index (χ0) is 34.4. The molecular weight excluding hydrogens is 599 g/mol. The van der Waals surface area contributed by atoms with Crippen LogP contribution in [0.25, 0.3) is 33.5 Å². The summed E-state index contributed by atoms with van der Waals surface area (Å²) in [5.41, 5.74) is 25.3. The quantitative estimate of drug-likeness (QED) is 0.0847. The molecule has 0 fully saturated rings. The molecule has 4 aromatic carbocycles. The van der Waals surface area contributed by atoms with Gasteiger partial charge in [0.05, 0.1) is 23.6 Å². The summed E-state index contributed by atoms with van der Waals surface area (Å²) >= 11 is 0. The summed E-state index contributed by atoms with van der Waals surface area (Å²) in [5.74, 6) is 0. The number of pyridine rings is 1. The van der Waals surface area contributed by atoms with Crippen LogP contribution >= 0.6 is 0 Å². The van der Waals surface area contributed by atoms with E-state index in [0.717, 1.165) is 73.7 Å². The molecule has 0 radical (unpaired) electrons. The predicted molar refractivity (Wildman–Crippen MR) is 210 cm³/mol. The van der Waals surface area contributed by atoms with E-state index in [1.807, 2.05) is 67.7 Å². The molecule has 0 atom stereocenters. The van der Waals surface area contributed by atoms with Crippen molar-refractivity contribution in [3.05, 3.63) is 180 Å². The van der Waals surface area contributed by atoms with Crippen LogP contribution in [0.1, 0.15) is 55.1 Å². The fourth-order valence-electron chi connectivity index (χ4n) is 5.61. The van der Waals surface area contributed by atoms with E-state index in [2.05, 4.69) is 104 Å². The number of aliphatic imine (C=N–C) groups is 1. The van der Waals surface area contributed by atoms with Crippen LogP contribution in [0.5, 0.6) is 0 Å². The van der Waals surface area contributed by atoms with Gasteiger partial charge in [0.15, 0.2) is 0 Å². The SMILES string of the molecule is C/C=C(\C=C/N)c1cc(CN=C(c2ccccc2)c2cc(-c3ccccc3)ccc2N)cc(-c2ccc(C3=CC=CCN3)nc2)c1.CCC. The second-order valence-corrected chi connectivity index (χ2v) is 11.7. The summed E-state index contributed by atoms with van der Waals surface area (Å²) in [6.45, 7) is 7.53. The third-order valence-electron chi connectivity index (χ3n) is 7.98. The number of nitrogen functional groups attached to an aromatic ring is 1. The molecule has 0 unspecified atom stereocenters. The Labute approximate surface area is 291 Å². The number of rotatable bonds is 9. The van der Waals surface area contributed by atoms with Gasteiger partial charge in [-0.05, 0) is 95.1 Å². The van der Waals surface area contributed by atoms with Crippen molar-refractivity contribution in [2.45, 2.75) is 33.7 Å². The summed E-state index contributed by atoms with van der Waals surface area (Å²) in [5, 5.41) is 3.38. The Morgan fingerprint density at radius 2 is 1.55 bits per heavy atom. The Morgan fingerprint density at radius 1 is 0.816 bits per heavy atom. The summed E-state index contributed by atoms with van der Waals surface area (Å²) in [6, 6.07) is 37.5. The summed E-state index contributed by atoms with van der Waals surface area (Å²) in [7, 11) is 0. The molecule has 2 heterocycles. The zero-order valence-corrected chi connectivity index (χ0v) is 28.6. The lowest BCUT2D eigenvalue weighted by Crippen LogP contribution is -2.15. The van der Waals surface area contributed by atoms with Crippen LogP contribution < -0.4 is 16.8 Å². The number of benzene rings is 4. The Bertz CT molecular complexity index is 1980. The van der Waals surface area contributed by atoms with Gasteiger partial charge in [-0.1, -0.05) is 111 Å². The molecule has 1 aliphatic rings. The molecule has 0 spiro atoms. The van der Waals surface area contributed by atoms with Gasteiger partial charge in [0.2, 0.25) is 0 Å². The van der Waals surface area contributed by atoms with Gasteiger partial charge in [-0.2, -0.15) is 0 Å². The highest BCUT2D eigenvalue weighted by Crippen LogP contribution is 2.29. The minimum absolute atomic E-state index is 0.456. The lowest BCUT2D eigenvalue weighted by atomic mass is 9.95. The lowest BCUT2D eigenvalue weighted by Gasteiger charge is -2.15. The number of nitrogens with zero attached hydrogens (tertiary/aromatic N) is 2. The van der Waals surface area contributed by atoms with Crippen LogP contribution in [-0.2, 0) is 6.54 Å². The average Bonchev–Trinajstić information content (AvgIpc) is 3.16. The van der Waals surface area contributed by atoms with Gasteiger partial charge in [0.1, 0.15) is 0 Å². The molecule has 0 amide bonds.